The molecule has 98 valence electrons. The number of halogens is 3. The van der Waals surface area contributed by atoms with Crippen molar-refractivity contribution in [1.82, 2.24) is 0 Å². The van der Waals surface area contributed by atoms with Crippen molar-refractivity contribution < 1.29 is 9.53 Å². The first-order chi connectivity index (χ1) is 9.06. The second-order valence-corrected chi connectivity index (χ2v) is 4.80. The Kier molecular flexibility index (Phi) is 4.53. The van der Waals surface area contributed by atoms with Crippen LogP contribution in [-0.2, 0) is 0 Å². The highest BCUT2D eigenvalue weighted by atomic mass is 35.5. The number of para-hydroxylation sites is 1. The molecule has 0 aromatic heterocycles. The molecule has 0 aliphatic rings. The third-order valence-corrected chi connectivity index (χ3v) is 3.22. The van der Waals surface area contributed by atoms with Crippen molar-refractivity contribution >= 4 is 46.6 Å². The summed E-state index contributed by atoms with van der Waals surface area (Å²) >= 11 is 17.5. The van der Waals surface area contributed by atoms with Crippen LogP contribution in [0.2, 0.25) is 15.1 Å². The van der Waals surface area contributed by atoms with E-state index in [4.69, 9.17) is 39.5 Å². The lowest BCUT2D eigenvalue weighted by Crippen LogP contribution is -2.16. The molecule has 0 spiro atoms. The van der Waals surface area contributed by atoms with E-state index in [2.05, 4.69) is 5.32 Å². The SMILES string of the molecule is O=C(Nc1ccccc1)Oc1cc(Cl)c(Cl)cc1Cl. The van der Waals surface area contributed by atoms with Gasteiger partial charge in [-0.25, -0.2) is 4.79 Å². The predicted molar refractivity (Wildman–Crippen MR) is 77.6 cm³/mol. The van der Waals surface area contributed by atoms with Crippen LogP contribution in [0.15, 0.2) is 42.5 Å². The standard InChI is InChI=1S/C13H8Cl3NO2/c14-9-6-11(16)12(7-10(9)15)19-13(18)17-8-4-2-1-3-5-8/h1-7H,(H,17,18). The van der Waals surface area contributed by atoms with E-state index in [1.54, 1.807) is 24.3 Å². The third kappa shape index (κ3) is 3.77. The van der Waals surface area contributed by atoms with E-state index in [-0.39, 0.29) is 15.8 Å². The second-order valence-electron chi connectivity index (χ2n) is 3.58. The monoisotopic (exact) mass is 315 g/mol. The van der Waals surface area contributed by atoms with E-state index >= 15 is 0 Å². The Morgan fingerprint density at radius 1 is 0.947 bits per heavy atom. The summed E-state index contributed by atoms with van der Waals surface area (Å²) in [6.45, 7) is 0. The summed E-state index contributed by atoms with van der Waals surface area (Å²) < 4.78 is 5.06. The van der Waals surface area contributed by atoms with Gasteiger partial charge in [-0.05, 0) is 18.2 Å². The van der Waals surface area contributed by atoms with E-state index < -0.39 is 6.09 Å². The molecule has 0 radical (unpaired) electrons. The molecule has 0 aliphatic carbocycles. The number of anilines is 1. The molecule has 0 saturated heterocycles. The molecule has 6 heteroatoms. The summed E-state index contributed by atoms with van der Waals surface area (Å²) in [6, 6.07) is 11.7. The zero-order chi connectivity index (χ0) is 13.8. The largest absolute Gasteiger partial charge is 0.417 e. The summed E-state index contributed by atoms with van der Waals surface area (Å²) in [5, 5.41) is 3.31. The quantitative estimate of drug-likeness (QED) is 0.768. The Labute approximate surface area is 125 Å². The number of rotatable bonds is 2. The Morgan fingerprint density at radius 3 is 2.26 bits per heavy atom. The predicted octanol–water partition coefficient (Wildman–Crippen LogP) is 5.26. The first-order valence-corrected chi connectivity index (χ1v) is 6.38. The van der Waals surface area contributed by atoms with Gasteiger partial charge in [-0.2, -0.15) is 0 Å². The van der Waals surface area contributed by atoms with Crippen LogP contribution in [-0.4, -0.2) is 6.09 Å². The van der Waals surface area contributed by atoms with Crippen LogP contribution in [0.4, 0.5) is 10.5 Å². The van der Waals surface area contributed by atoms with Crippen LogP contribution in [0.5, 0.6) is 5.75 Å². The first kappa shape index (κ1) is 14.0. The van der Waals surface area contributed by atoms with Crippen molar-refractivity contribution in [3.63, 3.8) is 0 Å². The highest BCUT2D eigenvalue weighted by Gasteiger charge is 2.11. The van der Waals surface area contributed by atoms with Gasteiger partial charge in [0.15, 0.2) is 5.75 Å². The summed E-state index contributed by atoms with van der Waals surface area (Å²) in [6.07, 6.45) is -0.661. The summed E-state index contributed by atoms with van der Waals surface area (Å²) in [5.41, 5.74) is 0.615. The van der Waals surface area contributed by atoms with Crippen LogP contribution in [0.3, 0.4) is 0 Å². The molecule has 1 N–H and O–H groups in total. The number of nitrogens with one attached hydrogen (secondary N) is 1. The van der Waals surface area contributed by atoms with Gasteiger partial charge < -0.3 is 4.74 Å². The van der Waals surface area contributed by atoms with Gasteiger partial charge in [0.2, 0.25) is 0 Å². The fraction of sp³-hybridized carbons (Fsp3) is 0. The molecule has 0 aliphatic heterocycles. The van der Waals surface area contributed by atoms with Gasteiger partial charge in [0.25, 0.3) is 0 Å². The Hall–Kier alpha value is -1.42. The molecule has 0 atom stereocenters. The van der Waals surface area contributed by atoms with E-state index in [0.717, 1.165) is 0 Å². The topological polar surface area (TPSA) is 38.3 Å². The summed E-state index contributed by atoms with van der Waals surface area (Å²) in [5.74, 6) is 0.143. The minimum atomic E-state index is -0.661. The molecule has 3 nitrogen and oxygen atoms in total. The van der Waals surface area contributed by atoms with Crippen molar-refractivity contribution in [3.8, 4) is 5.75 Å². The molecule has 0 fully saturated rings. The highest BCUT2D eigenvalue weighted by molar-refractivity contribution is 6.43. The Morgan fingerprint density at radius 2 is 1.58 bits per heavy atom. The lowest BCUT2D eigenvalue weighted by Gasteiger charge is -2.08. The molecule has 2 aromatic carbocycles. The number of carbonyl (C=O) groups excluding carboxylic acids is 1. The van der Waals surface area contributed by atoms with Gasteiger partial charge in [0, 0.05) is 11.8 Å². The third-order valence-electron chi connectivity index (χ3n) is 2.20. The maximum absolute atomic E-state index is 11.7. The van der Waals surface area contributed by atoms with Gasteiger partial charge >= 0.3 is 6.09 Å². The highest BCUT2D eigenvalue weighted by Crippen LogP contribution is 2.33. The number of carbonyl (C=O) groups is 1. The van der Waals surface area contributed by atoms with Crippen molar-refractivity contribution in [2.75, 3.05) is 5.32 Å². The zero-order valence-corrected chi connectivity index (χ0v) is 11.8. The lowest BCUT2D eigenvalue weighted by atomic mass is 10.3. The zero-order valence-electron chi connectivity index (χ0n) is 9.49. The fourth-order valence-corrected chi connectivity index (χ4v) is 1.92. The number of amides is 1. The van der Waals surface area contributed by atoms with E-state index in [1.807, 2.05) is 6.07 Å². The van der Waals surface area contributed by atoms with Crippen molar-refractivity contribution in [2.45, 2.75) is 0 Å². The Balaban J connectivity index is 2.09. The van der Waals surface area contributed by atoms with Crippen LogP contribution >= 0.6 is 34.8 Å². The smallest absolute Gasteiger partial charge is 0.408 e. The van der Waals surface area contributed by atoms with Gasteiger partial charge in [-0.1, -0.05) is 53.0 Å². The minimum absolute atomic E-state index is 0.143. The fourth-order valence-electron chi connectivity index (χ4n) is 1.35. The van der Waals surface area contributed by atoms with Gasteiger partial charge in [-0.3, -0.25) is 5.32 Å². The maximum Gasteiger partial charge on any atom is 0.417 e. The molecule has 0 heterocycles. The average molecular weight is 317 g/mol. The van der Waals surface area contributed by atoms with E-state index in [0.29, 0.717) is 10.7 Å². The molecular formula is C13H8Cl3NO2. The molecule has 2 rings (SSSR count). The molecule has 2 aromatic rings. The van der Waals surface area contributed by atoms with Crippen LogP contribution in [0, 0.1) is 0 Å². The normalized spacial score (nSPS) is 10.1. The summed E-state index contributed by atoms with van der Waals surface area (Å²) in [4.78, 5) is 11.7. The minimum Gasteiger partial charge on any atom is -0.408 e. The average Bonchev–Trinajstić information content (AvgIpc) is 2.37. The number of hydrogen-bond acceptors (Lipinski definition) is 2. The lowest BCUT2D eigenvalue weighted by molar-refractivity contribution is 0.215. The molecular weight excluding hydrogens is 309 g/mol. The van der Waals surface area contributed by atoms with Gasteiger partial charge in [0.05, 0.1) is 15.1 Å². The van der Waals surface area contributed by atoms with E-state index in [1.165, 1.54) is 12.1 Å². The number of hydrogen-bond donors (Lipinski definition) is 1. The Bertz CT molecular complexity index is 602. The molecule has 1 amide bonds. The van der Waals surface area contributed by atoms with Crippen LogP contribution in [0.1, 0.15) is 0 Å². The number of ether oxygens (including phenoxy) is 1. The van der Waals surface area contributed by atoms with E-state index in [9.17, 15) is 4.79 Å². The van der Waals surface area contributed by atoms with Gasteiger partial charge in [-0.15, -0.1) is 0 Å². The molecule has 0 bridgehead atoms. The number of benzene rings is 2. The molecule has 19 heavy (non-hydrogen) atoms. The molecule has 0 unspecified atom stereocenters. The molecule has 0 saturated carbocycles. The van der Waals surface area contributed by atoms with Crippen molar-refractivity contribution in [3.05, 3.63) is 57.5 Å². The van der Waals surface area contributed by atoms with Crippen LogP contribution in [0.25, 0.3) is 0 Å². The van der Waals surface area contributed by atoms with Crippen LogP contribution < -0.4 is 10.1 Å². The second kappa shape index (κ2) is 6.15. The first-order valence-electron chi connectivity index (χ1n) is 5.24. The van der Waals surface area contributed by atoms with Crippen molar-refractivity contribution in [2.24, 2.45) is 0 Å². The van der Waals surface area contributed by atoms with Gasteiger partial charge in [0.1, 0.15) is 0 Å². The van der Waals surface area contributed by atoms with Crippen molar-refractivity contribution in [1.29, 1.82) is 0 Å². The summed E-state index contributed by atoms with van der Waals surface area (Å²) in [7, 11) is 0. The maximum atomic E-state index is 11.7.